The van der Waals surface area contributed by atoms with E-state index in [1.165, 1.54) is 30.2 Å². The maximum absolute atomic E-state index is 12.4. The van der Waals surface area contributed by atoms with Gasteiger partial charge in [0.15, 0.2) is 6.61 Å². The molecule has 1 aliphatic carbocycles. The molecular weight excluding hydrogens is 372 g/mol. The zero-order valence-corrected chi connectivity index (χ0v) is 15.9. The molecule has 2 aromatic rings. The van der Waals surface area contributed by atoms with Crippen molar-refractivity contribution in [2.45, 2.75) is 32.2 Å². The second-order valence-electron chi connectivity index (χ2n) is 7.19. The van der Waals surface area contributed by atoms with E-state index in [0.29, 0.717) is 5.69 Å². The normalized spacial score (nSPS) is 15.7. The summed E-state index contributed by atoms with van der Waals surface area (Å²) in [5.41, 5.74) is 3.68. The lowest BCUT2D eigenvalue weighted by atomic mass is 10.1. The lowest BCUT2D eigenvalue weighted by molar-refractivity contribution is -0.150. The summed E-state index contributed by atoms with van der Waals surface area (Å²) in [5, 5.41) is 2.70. The summed E-state index contributed by atoms with van der Waals surface area (Å²) in [6.07, 6.45) is 3.16. The number of fused-ring (bicyclic) bond motifs is 2. The molecule has 0 radical (unpaired) electrons. The molecule has 7 nitrogen and oxygen atoms in total. The molecule has 0 spiro atoms. The summed E-state index contributed by atoms with van der Waals surface area (Å²) < 4.78 is 5.04. The molecule has 1 aliphatic heterocycles. The van der Waals surface area contributed by atoms with Gasteiger partial charge in [0.25, 0.3) is 17.7 Å². The van der Waals surface area contributed by atoms with Gasteiger partial charge >= 0.3 is 5.97 Å². The molecule has 3 amide bonds. The van der Waals surface area contributed by atoms with Crippen LogP contribution < -0.4 is 5.32 Å². The number of esters is 1. The molecule has 7 heteroatoms. The highest BCUT2D eigenvalue weighted by Gasteiger charge is 2.41. The Morgan fingerprint density at radius 3 is 2.38 bits per heavy atom. The van der Waals surface area contributed by atoms with Gasteiger partial charge in [0.1, 0.15) is 6.04 Å². The molecule has 0 aromatic heterocycles. The first-order chi connectivity index (χ1) is 14.0. The highest BCUT2D eigenvalue weighted by atomic mass is 16.5. The third kappa shape index (κ3) is 3.51. The van der Waals surface area contributed by atoms with E-state index in [9.17, 15) is 19.2 Å². The van der Waals surface area contributed by atoms with E-state index in [-0.39, 0.29) is 11.1 Å². The van der Waals surface area contributed by atoms with Crippen molar-refractivity contribution in [3.05, 3.63) is 64.7 Å². The maximum Gasteiger partial charge on any atom is 0.329 e. The number of amides is 3. The van der Waals surface area contributed by atoms with Gasteiger partial charge in [-0.2, -0.15) is 0 Å². The summed E-state index contributed by atoms with van der Waals surface area (Å²) in [6, 6.07) is 11.0. The highest BCUT2D eigenvalue weighted by molar-refractivity contribution is 6.22. The molecule has 0 unspecified atom stereocenters. The molecule has 0 saturated carbocycles. The fourth-order valence-electron chi connectivity index (χ4n) is 3.77. The van der Waals surface area contributed by atoms with E-state index < -0.39 is 36.3 Å². The van der Waals surface area contributed by atoms with Gasteiger partial charge in [0.05, 0.1) is 11.1 Å². The summed E-state index contributed by atoms with van der Waals surface area (Å²) in [5.74, 6) is -2.38. The third-order valence-electron chi connectivity index (χ3n) is 5.28. The largest absolute Gasteiger partial charge is 0.454 e. The first-order valence-electron chi connectivity index (χ1n) is 9.51. The van der Waals surface area contributed by atoms with Crippen LogP contribution in [0.1, 0.15) is 45.2 Å². The Morgan fingerprint density at radius 1 is 1.03 bits per heavy atom. The zero-order valence-electron chi connectivity index (χ0n) is 15.9. The van der Waals surface area contributed by atoms with Gasteiger partial charge in [-0.15, -0.1) is 0 Å². The van der Waals surface area contributed by atoms with Gasteiger partial charge in [0.2, 0.25) is 0 Å². The van der Waals surface area contributed by atoms with Crippen LogP contribution in [0.4, 0.5) is 5.69 Å². The molecule has 4 rings (SSSR count). The minimum absolute atomic E-state index is 0.256. The minimum Gasteiger partial charge on any atom is -0.454 e. The molecule has 1 atom stereocenters. The quantitative estimate of drug-likeness (QED) is 0.623. The van der Waals surface area contributed by atoms with E-state index in [1.807, 2.05) is 18.2 Å². The van der Waals surface area contributed by atoms with Crippen LogP contribution in [0.5, 0.6) is 0 Å². The Labute approximate surface area is 167 Å². The molecule has 2 aromatic carbocycles. The predicted molar refractivity (Wildman–Crippen MR) is 104 cm³/mol. The Hall–Kier alpha value is -3.48. The standard InChI is InChI=1S/C22H20N2O5/c1-13(24-20(26)17-7-2-3-8-18(17)21(24)27)22(28)29-12-19(25)23-16-10-9-14-5-4-6-15(14)11-16/h2-3,7-11,13H,4-6,12H2,1H3,(H,23,25)/t13-/m1/s1. The molecule has 29 heavy (non-hydrogen) atoms. The number of nitrogens with one attached hydrogen (secondary N) is 1. The molecule has 0 saturated heterocycles. The number of carbonyl (C=O) groups excluding carboxylic acids is 4. The summed E-state index contributed by atoms with van der Waals surface area (Å²) in [6.45, 7) is 0.909. The van der Waals surface area contributed by atoms with Crippen LogP contribution in [0.15, 0.2) is 42.5 Å². The van der Waals surface area contributed by atoms with E-state index in [2.05, 4.69) is 5.32 Å². The van der Waals surface area contributed by atoms with Gasteiger partial charge in [-0.1, -0.05) is 18.2 Å². The molecule has 0 bridgehead atoms. The van der Waals surface area contributed by atoms with Crippen LogP contribution in [-0.4, -0.2) is 41.2 Å². The zero-order chi connectivity index (χ0) is 20.5. The summed E-state index contributed by atoms with van der Waals surface area (Å²) in [7, 11) is 0. The number of anilines is 1. The van der Waals surface area contributed by atoms with Gasteiger partial charge in [0, 0.05) is 5.69 Å². The number of nitrogens with zero attached hydrogens (tertiary/aromatic N) is 1. The average molecular weight is 392 g/mol. The number of benzene rings is 2. The Kier molecular flexibility index (Phi) is 4.88. The van der Waals surface area contributed by atoms with Crippen molar-refractivity contribution in [2.24, 2.45) is 0 Å². The van der Waals surface area contributed by atoms with E-state index >= 15 is 0 Å². The van der Waals surface area contributed by atoms with Crippen molar-refractivity contribution in [1.82, 2.24) is 4.90 Å². The number of carbonyl (C=O) groups is 4. The number of imide groups is 1. The molecule has 148 valence electrons. The van der Waals surface area contributed by atoms with Gasteiger partial charge in [-0.25, -0.2) is 4.79 Å². The van der Waals surface area contributed by atoms with Gasteiger partial charge in [-0.3, -0.25) is 19.3 Å². The molecule has 1 heterocycles. The molecule has 2 aliphatic rings. The van der Waals surface area contributed by atoms with E-state index in [0.717, 1.165) is 24.2 Å². The van der Waals surface area contributed by atoms with Crippen molar-refractivity contribution in [3.63, 3.8) is 0 Å². The van der Waals surface area contributed by atoms with Crippen LogP contribution in [0.2, 0.25) is 0 Å². The second-order valence-corrected chi connectivity index (χ2v) is 7.19. The van der Waals surface area contributed by atoms with Crippen molar-refractivity contribution in [1.29, 1.82) is 0 Å². The first kappa shape index (κ1) is 18.9. The predicted octanol–water partition coefficient (Wildman–Crippen LogP) is 2.34. The SMILES string of the molecule is C[C@H](C(=O)OCC(=O)Nc1ccc2c(c1)CCC2)N1C(=O)c2ccccc2C1=O. The number of aryl methyl sites for hydroxylation is 2. The maximum atomic E-state index is 12.4. The summed E-state index contributed by atoms with van der Waals surface area (Å²) >= 11 is 0. The lowest BCUT2D eigenvalue weighted by Crippen LogP contribution is -2.44. The first-order valence-corrected chi connectivity index (χ1v) is 9.51. The average Bonchev–Trinajstić information content (AvgIpc) is 3.28. The molecule has 0 fully saturated rings. The highest BCUT2D eigenvalue weighted by Crippen LogP contribution is 2.26. The Morgan fingerprint density at radius 2 is 1.69 bits per heavy atom. The molecular formula is C22H20N2O5. The fraction of sp³-hybridized carbons (Fsp3) is 0.273. The van der Waals surface area contributed by atoms with Crippen LogP contribution in [0.3, 0.4) is 0 Å². The van der Waals surface area contributed by atoms with Crippen molar-refractivity contribution in [3.8, 4) is 0 Å². The van der Waals surface area contributed by atoms with Gasteiger partial charge < -0.3 is 10.1 Å². The van der Waals surface area contributed by atoms with Crippen molar-refractivity contribution < 1.29 is 23.9 Å². The smallest absolute Gasteiger partial charge is 0.329 e. The summed E-state index contributed by atoms with van der Waals surface area (Å²) in [4.78, 5) is 50.2. The monoisotopic (exact) mass is 392 g/mol. The van der Waals surface area contributed by atoms with Crippen LogP contribution in [0, 0.1) is 0 Å². The van der Waals surface area contributed by atoms with Crippen LogP contribution in [-0.2, 0) is 27.2 Å². The van der Waals surface area contributed by atoms with Crippen LogP contribution >= 0.6 is 0 Å². The topological polar surface area (TPSA) is 92.8 Å². The number of rotatable bonds is 5. The second kappa shape index (κ2) is 7.50. The Bertz CT molecular complexity index is 995. The fourth-order valence-corrected chi connectivity index (χ4v) is 3.77. The molecule has 1 N–H and O–H groups in total. The van der Waals surface area contributed by atoms with Crippen molar-refractivity contribution >= 4 is 29.4 Å². The third-order valence-corrected chi connectivity index (χ3v) is 5.28. The van der Waals surface area contributed by atoms with E-state index in [1.54, 1.807) is 12.1 Å². The van der Waals surface area contributed by atoms with Crippen LogP contribution in [0.25, 0.3) is 0 Å². The van der Waals surface area contributed by atoms with Gasteiger partial charge in [-0.05, 0) is 61.6 Å². The lowest BCUT2D eigenvalue weighted by Gasteiger charge is -2.20. The number of hydrogen-bond acceptors (Lipinski definition) is 5. The minimum atomic E-state index is -1.13. The number of hydrogen-bond donors (Lipinski definition) is 1. The van der Waals surface area contributed by atoms with E-state index in [4.69, 9.17) is 4.74 Å². The number of ether oxygens (including phenoxy) is 1. The Balaban J connectivity index is 1.34. The van der Waals surface area contributed by atoms with Crippen molar-refractivity contribution in [2.75, 3.05) is 11.9 Å².